The Balaban J connectivity index is 2.14. The van der Waals surface area contributed by atoms with E-state index in [1.807, 2.05) is 24.3 Å². The van der Waals surface area contributed by atoms with Crippen LogP contribution in [0.1, 0.15) is 23.5 Å². The molecule has 0 amide bonds. The Bertz CT molecular complexity index is 433. The minimum absolute atomic E-state index is 0.154. The maximum atomic E-state index is 10.7. The number of nitrogens with zero attached hydrogens (tertiary/aromatic N) is 1. The first-order valence-corrected chi connectivity index (χ1v) is 4.91. The summed E-state index contributed by atoms with van der Waals surface area (Å²) in [6, 6.07) is 9.75. The van der Waals surface area contributed by atoms with Crippen molar-refractivity contribution in [1.29, 1.82) is 5.26 Å². The zero-order chi connectivity index (χ0) is 10.8. The lowest BCUT2D eigenvalue weighted by molar-refractivity contribution is -0.138. The standard InChI is InChI=1S/C12H11NO2/c13-5-4-8-2-1-3-9(6-8)10-7-11(10)12(14)15/h1-3,6,10-11H,4,7H2,(H,14,15)/t10-,11+/m0/s1. The molecule has 0 radical (unpaired) electrons. The number of carboxylic acid groups (broad SMARTS) is 1. The molecule has 0 aliphatic heterocycles. The van der Waals surface area contributed by atoms with Crippen LogP contribution in [0.3, 0.4) is 0 Å². The third-order valence-electron chi connectivity index (χ3n) is 2.77. The number of carbonyl (C=O) groups is 1. The van der Waals surface area contributed by atoms with Gasteiger partial charge in [-0.25, -0.2) is 0 Å². The van der Waals surface area contributed by atoms with Crippen molar-refractivity contribution in [3.8, 4) is 6.07 Å². The molecule has 0 unspecified atom stereocenters. The summed E-state index contributed by atoms with van der Waals surface area (Å²) in [5, 5.41) is 17.4. The number of hydrogen-bond donors (Lipinski definition) is 1. The molecule has 1 aromatic carbocycles. The zero-order valence-electron chi connectivity index (χ0n) is 8.18. The molecule has 0 bridgehead atoms. The van der Waals surface area contributed by atoms with Crippen LogP contribution >= 0.6 is 0 Å². The average Bonchev–Trinajstić information content (AvgIpc) is 2.98. The molecular weight excluding hydrogens is 190 g/mol. The quantitative estimate of drug-likeness (QED) is 0.812. The zero-order valence-corrected chi connectivity index (χ0v) is 8.18. The van der Waals surface area contributed by atoms with Gasteiger partial charge in [-0.2, -0.15) is 5.26 Å². The van der Waals surface area contributed by atoms with Crippen molar-refractivity contribution in [2.45, 2.75) is 18.8 Å². The molecule has 0 heterocycles. The summed E-state index contributed by atoms with van der Waals surface area (Å²) in [5.41, 5.74) is 2.01. The predicted molar refractivity (Wildman–Crippen MR) is 54.2 cm³/mol. The van der Waals surface area contributed by atoms with E-state index in [9.17, 15) is 4.79 Å². The topological polar surface area (TPSA) is 61.1 Å². The lowest BCUT2D eigenvalue weighted by atomic mass is 10.0. The summed E-state index contributed by atoms with van der Waals surface area (Å²) in [6.07, 6.45) is 1.11. The van der Waals surface area contributed by atoms with Crippen LogP contribution in [0.2, 0.25) is 0 Å². The number of benzene rings is 1. The van der Waals surface area contributed by atoms with Crippen molar-refractivity contribution >= 4 is 5.97 Å². The minimum Gasteiger partial charge on any atom is -0.481 e. The molecule has 76 valence electrons. The molecule has 0 saturated heterocycles. The third-order valence-corrected chi connectivity index (χ3v) is 2.77. The van der Waals surface area contributed by atoms with Crippen molar-refractivity contribution in [3.63, 3.8) is 0 Å². The van der Waals surface area contributed by atoms with Gasteiger partial charge < -0.3 is 5.11 Å². The van der Waals surface area contributed by atoms with Crippen LogP contribution in [0, 0.1) is 17.2 Å². The van der Waals surface area contributed by atoms with E-state index in [0.717, 1.165) is 17.5 Å². The van der Waals surface area contributed by atoms with Gasteiger partial charge in [0.2, 0.25) is 0 Å². The van der Waals surface area contributed by atoms with Gasteiger partial charge in [0.15, 0.2) is 0 Å². The highest BCUT2D eigenvalue weighted by molar-refractivity contribution is 5.75. The number of hydrogen-bond acceptors (Lipinski definition) is 2. The number of nitriles is 1. The molecule has 2 atom stereocenters. The summed E-state index contributed by atoms with van der Waals surface area (Å²) >= 11 is 0. The van der Waals surface area contributed by atoms with Gasteiger partial charge in [0.25, 0.3) is 0 Å². The summed E-state index contributed by atoms with van der Waals surface area (Å²) in [4.78, 5) is 10.7. The molecule has 1 fully saturated rings. The van der Waals surface area contributed by atoms with Crippen LogP contribution in [0.5, 0.6) is 0 Å². The molecule has 2 rings (SSSR count). The molecule has 0 aromatic heterocycles. The highest BCUT2D eigenvalue weighted by Crippen LogP contribution is 2.47. The second-order valence-electron chi connectivity index (χ2n) is 3.87. The van der Waals surface area contributed by atoms with Gasteiger partial charge in [-0.15, -0.1) is 0 Å². The van der Waals surface area contributed by atoms with Crippen LogP contribution in [0.25, 0.3) is 0 Å². The normalized spacial score (nSPS) is 23.1. The second-order valence-corrected chi connectivity index (χ2v) is 3.87. The highest BCUT2D eigenvalue weighted by Gasteiger charge is 2.44. The van der Waals surface area contributed by atoms with E-state index in [1.165, 1.54) is 0 Å². The molecule has 3 heteroatoms. The van der Waals surface area contributed by atoms with Gasteiger partial charge in [-0.05, 0) is 23.5 Å². The van der Waals surface area contributed by atoms with Crippen LogP contribution in [-0.4, -0.2) is 11.1 Å². The van der Waals surface area contributed by atoms with Gasteiger partial charge in [-0.1, -0.05) is 24.3 Å². The predicted octanol–water partition coefficient (Wildman–Crippen LogP) is 1.94. The Morgan fingerprint density at radius 1 is 1.60 bits per heavy atom. The van der Waals surface area contributed by atoms with Crippen LogP contribution in [0.15, 0.2) is 24.3 Å². The van der Waals surface area contributed by atoms with E-state index < -0.39 is 5.97 Å². The van der Waals surface area contributed by atoms with Crippen LogP contribution in [-0.2, 0) is 11.2 Å². The van der Waals surface area contributed by atoms with E-state index in [0.29, 0.717) is 6.42 Å². The third kappa shape index (κ3) is 1.99. The fourth-order valence-corrected chi connectivity index (χ4v) is 1.86. The highest BCUT2D eigenvalue weighted by atomic mass is 16.4. The van der Waals surface area contributed by atoms with Gasteiger partial charge in [-0.3, -0.25) is 4.79 Å². The second kappa shape index (κ2) is 3.74. The van der Waals surface area contributed by atoms with E-state index in [1.54, 1.807) is 0 Å². The molecule has 1 aromatic rings. The summed E-state index contributed by atoms with van der Waals surface area (Å²) < 4.78 is 0. The molecule has 1 aliphatic carbocycles. The minimum atomic E-state index is -0.717. The molecule has 1 aliphatic rings. The summed E-state index contributed by atoms with van der Waals surface area (Å²) in [6.45, 7) is 0. The monoisotopic (exact) mass is 201 g/mol. The fraction of sp³-hybridized carbons (Fsp3) is 0.333. The molecule has 1 saturated carbocycles. The van der Waals surface area contributed by atoms with Gasteiger partial charge in [0, 0.05) is 0 Å². The lowest BCUT2D eigenvalue weighted by Crippen LogP contribution is -1.99. The maximum absolute atomic E-state index is 10.7. The van der Waals surface area contributed by atoms with Crippen molar-refractivity contribution in [2.24, 2.45) is 5.92 Å². The van der Waals surface area contributed by atoms with Gasteiger partial charge in [0.1, 0.15) is 0 Å². The van der Waals surface area contributed by atoms with E-state index >= 15 is 0 Å². The first-order valence-electron chi connectivity index (χ1n) is 4.91. The van der Waals surface area contributed by atoms with Crippen molar-refractivity contribution in [1.82, 2.24) is 0 Å². The Kier molecular flexibility index (Phi) is 2.42. The molecule has 1 N–H and O–H groups in total. The number of aliphatic carboxylic acids is 1. The Labute approximate surface area is 88.0 Å². The summed E-state index contributed by atoms with van der Waals surface area (Å²) in [5.74, 6) is -0.783. The summed E-state index contributed by atoms with van der Waals surface area (Å²) in [7, 11) is 0. The van der Waals surface area contributed by atoms with Crippen LogP contribution in [0.4, 0.5) is 0 Å². The van der Waals surface area contributed by atoms with E-state index in [-0.39, 0.29) is 11.8 Å². The first-order chi connectivity index (χ1) is 7.22. The SMILES string of the molecule is N#CCc1cccc([C@@H]2C[C@H]2C(=O)O)c1. The maximum Gasteiger partial charge on any atom is 0.307 e. The number of carboxylic acids is 1. The van der Waals surface area contributed by atoms with Crippen molar-refractivity contribution in [3.05, 3.63) is 35.4 Å². The molecule has 15 heavy (non-hydrogen) atoms. The Morgan fingerprint density at radius 2 is 2.40 bits per heavy atom. The number of rotatable bonds is 3. The van der Waals surface area contributed by atoms with Crippen LogP contribution < -0.4 is 0 Å². The first kappa shape index (κ1) is 9.72. The Hall–Kier alpha value is -1.82. The molecular formula is C12H11NO2. The molecule has 3 nitrogen and oxygen atoms in total. The van der Waals surface area contributed by atoms with Gasteiger partial charge >= 0.3 is 5.97 Å². The smallest absolute Gasteiger partial charge is 0.307 e. The largest absolute Gasteiger partial charge is 0.481 e. The van der Waals surface area contributed by atoms with Crippen molar-refractivity contribution < 1.29 is 9.90 Å². The van der Waals surface area contributed by atoms with Gasteiger partial charge in [0.05, 0.1) is 18.4 Å². The average molecular weight is 201 g/mol. The van der Waals surface area contributed by atoms with E-state index in [2.05, 4.69) is 6.07 Å². The lowest BCUT2D eigenvalue weighted by Gasteiger charge is -2.00. The van der Waals surface area contributed by atoms with Crippen molar-refractivity contribution in [2.75, 3.05) is 0 Å². The van der Waals surface area contributed by atoms with E-state index in [4.69, 9.17) is 10.4 Å². The fourth-order valence-electron chi connectivity index (χ4n) is 1.86. The molecule has 0 spiro atoms. The Morgan fingerprint density at radius 3 is 3.00 bits per heavy atom.